The molecule has 1 heterocycles. The lowest BCUT2D eigenvalue weighted by molar-refractivity contribution is -0.117. The fourth-order valence-corrected chi connectivity index (χ4v) is 3.84. The number of carbonyl (C=O) groups excluding carboxylic acids is 1. The van der Waals surface area contributed by atoms with Crippen molar-refractivity contribution in [3.63, 3.8) is 0 Å². The minimum atomic E-state index is -0.223. The molecule has 1 amide bonds. The van der Waals surface area contributed by atoms with Gasteiger partial charge in [-0.15, -0.1) is 0 Å². The van der Waals surface area contributed by atoms with Crippen LogP contribution in [0, 0.1) is 5.82 Å². The molecule has 1 atom stereocenters. The number of aryl methyl sites for hydroxylation is 2. The summed E-state index contributed by atoms with van der Waals surface area (Å²) in [6, 6.07) is 13.0. The number of hydrogen-bond donors (Lipinski definition) is 1. The summed E-state index contributed by atoms with van der Waals surface area (Å²) in [5.74, 6) is -0.200. The van der Waals surface area contributed by atoms with Crippen molar-refractivity contribution in [2.24, 2.45) is 0 Å². The zero-order valence-electron chi connectivity index (χ0n) is 15.6. The van der Waals surface area contributed by atoms with Crippen molar-refractivity contribution in [1.82, 2.24) is 4.90 Å². The van der Waals surface area contributed by atoms with Crippen molar-refractivity contribution in [3.8, 4) is 0 Å². The van der Waals surface area contributed by atoms with Gasteiger partial charge in [-0.2, -0.15) is 0 Å². The van der Waals surface area contributed by atoms with Gasteiger partial charge in [-0.25, -0.2) is 4.39 Å². The van der Waals surface area contributed by atoms with E-state index >= 15 is 0 Å². The fourth-order valence-electron chi connectivity index (χ4n) is 3.84. The van der Waals surface area contributed by atoms with Gasteiger partial charge in [0.15, 0.2) is 0 Å². The van der Waals surface area contributed by atoms with Crippen molar-refractivity contribution < 1.29 is 9.18 Å². The molecule has 26 heavy (non-hydrogen) atoms. The summed E-state index contributed by atoms with van der Waals surface area (Å²) < 4.78 is 13.2. The molecule has 0 aliphatic carbocycles. The van der Waals surface area contributed by atoms with E-state index in [1.807, 2.05) is 12.1 Å². The monoisotopic (exact) mass is 354 g/mol. The number of halogens is 1. The van der Waals surface area contributed by atoms with Crippen LogP contribution < -0.4 is 5.32 Å². The second-order valence-electron chi connectivity index (χ2n) is 6.89. The maximum absolute atomic E-state index is 13.2. The van der Waals surface area contributed by atoms with Crippen molar-refractivity contribution in [1.29, 1.82) is 0 Å². The zero-order valence-corrected chi connectivity index (χ0v) is 15.6. The molecule has 1 aliphatic rings. The van der Waals surface area contributed by atoms with Crippen LogP contribution in [0.4, 0.5) is 10.1 Å². The molecule has 1 fully saturated rings. The molecule has 138 valence electrons. The molecular formula is C22H27FN2O. The van der Waals surface area contributed by atoms with E-state index < -0.39 is 0 Å². The van der Waals surface area contributed by atoms with Gasteiger partial charge in [0, 0.05) is 11.7 Å². The third-order valence-corrected chi connectivity index (χ3v) is 5.23. The SMILES string of the molecule is CCc1cccc(CC)c1NC(=O)CN1CCCC1c1ccc(F)cc1. The molecule has 0 aromatic heterocycles. The van der Waals surface area contributed by atoms with Crippen LogP contribution in [0.2, 0.25) is 0 Å². The second kappa shape index (κ2) is 8.45. The van der Waals surface area contributed by atoms with Crippen LogP contribution in [-0.2, 0) is 17.6 Å². The third kappa shape index (κ3) is 4.13. The summed E-state index contributed by atoms with van der Waals surface area (Å²) >= 11 is 0. The number of benzene rings is 2. The molecule has 3 rings (SSSR count). The Morgan fingerprint density at radius 2 is 1.77 bits per heavy atom. The Morgan fingerprint density at radius 1 is 1.12 bits per heavy atom. The number of hydrogen-bond acceptors (Lipinski definition) is 2. The molecule has 0 radical (unpaired) electrons. The number of carbonyl (C=O) groups is 1. The van der Waals surface area contributed by atoms with E-state index in [0.29, 0.717) is 6.54 Å². The molecule has 1 saturated heterocycles. The predicted octanol–water partition coefficient (Wildman–Crippen LogP) is 4.73. The lowest BCUT2D eigenvalue weighted by atomic mass is 10.0. The number of likely N-dealkylation sites (tertiary alicyclic amines) is 1. The zero-order chi connectivity index (χ0) is 18.5. The molecule has 4 heteroatoms. The Balaban J connectivity index is 1.71. The molecule has 1 N–H and O–H groups in total. The number of anilines is 1. The number of para-hydroxylation sites is 1. The highest BCUT2D eigenvalue weighted by atomic mass is 19.1. The highest BCUT2D eigenvalue weighted by molar-refractivity contribution is 5.94. The average Bonchev–Trinajstić information content (AvgIpc) is 3.10. The first kappa shape index (κ1) is 18.6. The van der Waals surface area contributed by atoms with Crippen molar-refractivity contribution >= 4 is 11.6 Å². The summed E-state index contributed by atoms with van der Waals surface area (Å²) in [6.07, 6.45) is 3.85. The summed E-state index contributed by atoms with van der Waals surface area (Å²) in [5.41, 5.74) is 4.41. The van der Waals surface area contributed by atoms with E-state index in [0.717, 1.165) is 43.5 Å². The first-order valence-electron chi connectivity index (χ1n) is 9.52. The van der Waals surface area contributed by atoms with Crippen LogP contribution in [0.5, 0.6) is 0 Å². The van der Waals surface area contributed by atoms with Crippen LogP contribution in [0.1, 0.15) is 49.4 Å². The Bertz CT molecular complexity index is 735. The van der Waals surface area contributed by atoms with Gasteiger partial charge in [0.05, 0.1) is 6.54 Å². The van der Waals surface area contributed by atoms with Crippen LogP contribution in [0.25, 0.3) is 0 Å². The first-order valence-corrected chi connectivity index (χ1v) is 9.52. The van der Waals surface area contributed by atoms with E-state index in [1.54, 1.807) is 0 Å². The van der Waals surface area contributed by atoms with Crippen molar-refractivity contribution in [2.75, 3.05) is 18.4 Å². The highest BCUT2D eigenvalue weighted by Gasteiger charge is 2.27. The van der Waals surface area contributed by atoms with E-state index in [4.69, 9.17) is 0 Å². The van der Waals surface area contributed by atoms with E-state index in [2.05, 4.69) is 42.3 Å². The minimum Gasteiger partial charge on any atom is -0.324 e. The van der Waals surface area contributed by atoms with Crippen LogP contribution in [0.3, 0.4) is 0 Å². The van der Waals surface area contributed by atoms with Gasteiger partial charge in [-0.3, -0.25) is 9.69 Å². The smallest absolute Gasteiger partial charge is 0.238 e. The Morgan fingerprint density at radius 3 is 2.38 bits per heavy atom. The molecule has 0 saturated carbocycles. The molecule has 1 aliphatic heterocycles. The lowest BCUT2D eigenvalue weighted by Crippen LogP contribution is -2.33. The van der Waals surface area contributed by atoms with Crippen LogP contribution in [-0.4, -0.2) is 23.9 Å². The largest absolute Gasteiger partial charge is 0.324 e. The molecule has 1 unspecified atom stereocenters. The van der Waals surface area contributed by atoms with Gasteiger partial charge in [-0.05, 0) is 61.1 Å². The van der Waals surface area contributed by atoms with Gasteiger partial charge in [0.2, 0.25) is 5.91 Å². The van der Waals surface area contributed by atoms with Crippen molar-refractivity contribution in [3.05, 3.63) is 65.0 Å². The standard InChI is InChI=1S/C22H27FN2O/c1-3-16-7-5-8-17(4-2)22(16)24-21(26)15-25-14-6-9-20(25)18-10-12-19(23)13-11-18/h5,7-8,10-13,20H,3-4,6,9,14-15H2,1-2H3,(H,24,26). The summed E-state index contributed by atoms with van der Waals surface area (Å²) in [7, 11) is 0. The van der Waals surface area contributed by atoms with Gasteiger partial charge >= 0.3 is 0 Å². The predicted molar refractivity (Wildman–Crippen MR) is 104 cm³/mol. The quantitative estimate of drug-likeness (QED) is 0.814. The third-order valence-electron chi connectivity index (χ3n) is 5.23. The molecule has 0 bridgehead atoms. The van der Waals surface area contributed by atoms with Gasteiger partial charge < -0.3 is 5.32 Å². The molecule has 0 spiro atoms. The van der Waals surface area contributed by atoms with Crippen LogP contribution in [0.15, 0.2) is 42.5 Å². The van der Waals surface area contributed by atoms with Crippen molar-refractivity contribution in [2.45, 2.75) is 45.6 Å². The normalized spacial score (nSPS) is 17.4. The number of amides is 1. The first-order chi connectivity index (χ1) is 12.6. The Hall–Kier alpha value is -2.20. The summed E-state index contributed by atoms with van der Waals surface area (Å²) in [5, 5.41) is 3.15. The molecule has 2 aromatic carbocycles. The molecule has 2 aromatic rings. The topological polar surface area (TPSA) is 32.3 Å². The van der Waals surface area contributed by atoms with Crippen LogP contribution >= 0.6 is 0 Å². The lowest BCUT2D eigenvalue weighted by Gasteiger charge is -2.25. The molecular weight excluding hydrogens is 327 g/mol. The Kier molecular flexibility index (Phi) is 6.04. The minimum absolute atomic E-state index is 0.0228. The fraction of sp³-hybridized carbons (Fsp3) is 0.409. The maximum Gasteiger partial charge on any atom is 0.238 e. The Labute approximate surface area is 155 Å². The number of nitrogens with zero attached hydrogens (tertiary/aromatic N) is 1. The van der Waals surface area contributed by atoms with Gasteiger partial charge in [0.25, 0.3) is 0 Å². The summed E-state index contributed by atoms with van der Waals surface area (Å²) in [6.45, 7) is 5.47. The number of rotatable bonds is 6. The molecule has 3 nitrogen and oxygen atoms in total. The van der Waals surface area contributed by atoms with Gasteiger partial charge in [-0.1, -0.05) is 44.2 Å². The van der Waals surface area contributed by atoms with E-state index in [-0.39, 0.29) is 17.8 Å². The van der Waals surface area contributed by atoms with Gasteiger partial charge in [0.1, 0.15) is 5.82 Å². The van der Waals surface area contributed by atoms with E-state index in [1.165, 1.54) is 23.3 Å². The number of nitrogens with one attached hydrogen (secondary N) is 1. The summed E-state index contributed by atoms with van der Waals surface area (Å²) in [4.78, 5) is 14.9. The average molecular weight is 354 g/mol. The van der Waals surface area contributed by atoms with E-state index in [9.17, 15) is 9.18 Å². The highest BCUT2D eigenvalue weighted by Crippen LogP contribution is 2.32. The maximum atomic E-state index is 13.2. The second-order valence-corrected chi connectivity index (χ2v) is 6.89.